The van der Waals surface area contributed by atoms with Gasteiger partial charge in [-0.15, -0.1) is 0 Å². The third kappa shape index (κ3) is 2.76. The normalized spacial score (nSPS) is 18.9. The number of carbonyl (C=O) groups is 2. The van der Waals surface area contributed by atoms with E-state index in [1.807, 2.05) is 0 Å². The summed E-state index contributed by atoms with van der Waals surface area (Å²) in [7, 11) is 0. The molecule has 0 aromatic carbocycles. The molecular formula is C10H9BrClN3O2. The number of aromatic nitrogens is 1. The summed E-state index contributed by atoms with van der Waals surface area (Å²) in [6, 6.07) is 0. The summed E-state index contributed by atoms with van der Waals surface area (Å²) in [4.78, 5) is 26.7. The Bertz CT molecular complexity index is 481. The molecule has 5 nitrogen and oxygen atoms in total. The predicted molar refractivity (Wildman–Crippen MR) is 66.7 cm³/mol. The Morgan fingerprint density at radius 2 is 2.35 bits per heavy atom. The number of nitrogens with zero attached hydrogens (tertiary/aromatic N) is 1. The molecule has 90 valence electrons. The van der Waals surface area contributed by atoms with Gasteiger partial charge in [-0.25, -0.2) is 0 Å². The number of anilines is 1. The van der Waals surface area contributed by atoms with Gasteiger partial charge < -0.3 is 10.6 Å². The number of amides is 2. The van der Waals surface area contributed by atoms with Crippen LogP contribution < -0.4 is 10.6 Å². The largest absolute Gasteiger partial charge is 0.355 e. The zero-order valence-corrected chi connectivity index (χ0v) is 11.0. The maximum absolute atomic E-state index is 11.8. The van der Waals surface area contributed by atoms with Gasteiger partial charge in [-0.2, -0.15) is 0 Å². The van der Waals surface area contributed by atoms with Crippen LogP contribution in [0.25, 0.3) is 0 Å². The van der Waals surface area contributed by atoms with Gasteiger partial charge in [0, 0.05) is 19.2 Å². The zero-order chi connectivity index (χ0) is 12.4. The van der Waals surface area contributed by atoms with E-state index in [4.69, 9.17) is 11.6 Å². The molecule has 1 saturated heterocycles. The summed E-state index contributed by atoms with van der Waals surface area (Å²) in [6.07, 6.45) is 3.22. The standard InChI is InChI=1S/C10H9BrClN3O2/c11-6-3-13-4-7(9(6)12)15-10(17)5-1-8(16)14-2-5/h3-5H,1-2H2,(H,14,16)(H,15,17). The number of carbonyl (C=O) groups excluding carboxylic acids is 2. The molecule has 2 heterocycles. The van der Waals surface area contributed by atoms with Crippen molar-refractivity contribution in [2.75, 3.05) is 11.9 Å². The van der Waals surface area contributed by atoms with Gasteiger partial charge in [-0.3, -0.25) is 14.6 Å². The highest BCUT2D eigenvalue weighted by molar-refractivity contribution is 9.10. The molecule has 1 fully saturated rings. The van der Waals surface area contributed by atoms with Gasteiger partial charge in [0.25, 0.3) is 0 Å². The smallest absolute Gasteiger partial charge is 0.229 e. The first kappa shape index (κ1) is 12.3. The van der Waals surface area contributed by atoms with E-state index >= 15 is 0 Å². The van der Waals surface area contributed by atoms with E-state index in [9.17, 15) is 9.59 Å². The molecule has 2 amide bonds. The highest BCUT2D eigenvalue weighted by Crippen LogP contribution is 2.29. The molecule has 1 aromatic heterocycles. The van der Waals surface area contributed by atoms with Gasteiger partial charge >= 0.3 is 0 Å². The maximum atomic E-state index is 11.8. The SMILES string of the molecule is O=C1CC(C(=O)Nc2cncc(Br)c2Cl)CN1. The van der Waals surface area contributed by atoms with Crippen LogP contribution in [0, 0.1) is 5.92 Å². The summed E-state index contributed by atoms with van der Waals surface area (Å²) >= 11 is 9.21. The number of pyridine rings is 1. The van der Waals surface area contributed by atoms with Gasteiger partial charge in [-0.1, -0.05) is 11.6 Å². The molecule has 1 aromatic rings. The second-order valence-corrected chi connectivity index (χ2v) is 4.91. The zero-order valence-electron chi connectivity index (χ0n) is 8.67. The lowest BCUT2D eigenvalue weighted by Crippen LogP contribution is -2.24. The molecule has 2 N–H and O–H groups in total. The van der Waals surface area contributed by atoms with Gasteiger partial charge in [0.2, 0.25) is 11.8 Å². The average Bonchev–Trinajstić information content (AvgIpc) is 2.72. The van der Waals surface area contributed by atoms with Crippen molar-refractivity contribution < 1.29 is 9.59 Å². The van der Waals surface area contributed by atoms with E-state index in [2.05, 4.69) is 31.5 Å². The third-order valence-electron chi connectivity index (χ3n) is 2.44. The average molecular weight is 319 g/mol. The van der Waals surface area contributed by atoms with Crippen LogP contribution in [0.5, 0.6) is 0 Å². The quantitative estimate of drug-likeness (QED) is 0.869. The van der Waals surface area contributed by atoms with E-state index in [-0.39, 0.29) is 24.2 Å². The number of nitrogens with one attached hydrogen (secondary N) is 2. The van der Waals surface area contributed by atoms with E-state index in [0.29, 0.717) is 21.7 Å². The van der Waals surface area contributed by atoms with Crippen molar-refractivity contribution in [1.29, 1.82) is 0 Å². The lowest BCUT2D eigenvalue weighted by atomic mass is 10.1. The minimum absolute atomic E-state index is 0.108. The molecule has 17 heavy (non-hydrogen) atoms. The van der Waals surface area contributed by atoms with Gasteiger partial charge in [0.1, 0.15) is 0 Å². The Balaban J connectivity index is 2.08. The number of rotatable bonds is 2. The monoisotopic (exact) mass is 317 g/mol. The second kappa shape index (κ2) is 5.01. The Labute approximate surface area is 111 Å². The van der Waals surface area contributed by atoms with E-state index in [1.54, 1.807) is 6.20 Å². The van der Waals surface area contributed by atoms with Crippen LogP contribution in [-0.2, 0) is 9.59 Å². The fourth-order valence-corrected chi connectivity index (χ4v) is 2.01. The molecule has 1 atom stereocenters. The van der Waals surface area contributed by atoms with Crippen molar-refractivity contribution in [3.63, 3.8) is 0 Å². The van der Waals surface area contributed by atoms with Gasteiger partial charge in [0.05, 0.1) is 27.3 Å². The van der Waals surface area contributed by atoms with Crippen molar-refractivity contribution in [2.24, 2.45) is 5.92 Å². The molecule has 7 heteroatoms. The topological polar surface area (TPSA) is 71.1 Å². The van der Waals surface area contributed by atoms with Gasteiger partial charge in [-0.05, 0) is 15.9 Å². The molecule has 0 radical (unpaired) electrons. The first-order chi connectivity index (χ1) is 8.08. The van der Waals surface area contributed by atoms with Crippen LogP contribution in [0.2, 0.25) is 5.02 Å². The molecule has 0 aliphatic carbocycles. The molecule has 1 aliphatic rings. The minimum Gasteiger partial charge on any atom is -0.355 e. The molecule has 1 aliphatic heterocycles. The lowest BCUT2D eigenvalue weighted by molar-refractivity contribution is -0.123. The van der Waals surface area contributed by atoms with E-state index in [1.165, 1.54) is 6.20 Å². The Morgan fingerprint density at radius 1 is 1.59 bits per heavy atom. The van der Waals surface area contributed by atoms with E-state index < -0.39 is 0 Å². The van der Waals surface area contributed by atoms with Gasteiger partial charge in [0.15, 0.2) is 0 Å². The summed E-state index contributed by atoms with van der Waals surface area (Å²) in [5.41, 5.74) is 0.436. The van der Waals surface area contributed by atoms with Crippen LogP contribution in [0.1, 0.15) is 6.42 Å². The fraction of sp³-hybridized carbons (Fsp3) is 0.300. The van der Waals surface area contributed by atoms with Crippen molar-refractivity contribution in [3.8, 4) is 0 Å². The molecule has 0 bridgehead atoms. The van der Waals surface area contributed by atoms with Crippen LogP contribution in [0.4, 0.5) is 5.69 Å². The number of hydrogen-bond donors (Lipinski definition) is 2. The first-order valence-electron chi connectivity index (χ1n) is 4.94. The fourth-order valence-electron chi connectivity index (χ4n) is 1.53. The maximum Gasteiger partial charge on any atom is 0.229 e. The highest BCUT2D eigenvalue weighted by atomic mass is 79.9. The van der Waals surface area contributed by atoms with Crippen molar-refractivity contribution in [2.45, 2.75) is 6.42 Å². The van der Waals surface area contributed by atoms with Crippen LogP contribution >= 0.6 is 27.5 Å². The van der Waals surface area contributed by atoms with Crippen LogP contribution in [-0.4, -0.2) is 23.3 Å². The third-order valence-corrected chi connectivity index (χ3v) is 3.68. The predicted octanol–water partition coefficient (Wildman–Crippen LogP) is 1.57. The lowest BCUT2D eigenvalue weighted by Gasteiger charge is -2.10. The second-order valence-electron chi connectivity index (χ2n) is 3.68. The Morgan fingerprint density at radius 3 is 3.00 bits per heavy atom. The summed E-state index contributed by atoms with van der Waals surface area (Å²) in [5, 5.41) is 5.66. The number of halogens is 2. The summed E-state index contributed by atoms with van der Waals surface area (Å²) in [5.74, 6) is -0.689. The first-order valence-corrected chi connectivity index (χ1v) is 6.11. The molecule has 0 spiro atoms. The van der Waals surface area contributed by atoms with Crippen LogP contribution in [0.15, 0.2) is 16.9 Å². The van der Waals surface area contributed by atoms with Crippen molar-refractivity contribution in [1.82, 2.24) is 10.3 Å². The molecule has 0 saturated carbocycles. The van der Waals surface area contributed by atoms with Crippen LogP contribution in [0.3, 0.4) is 0 Å². The minimum atomic E-state index is -0.349. The van der Waals surface area contributed by atoms with E-state index in [0.717, 1.165) is 0 Å². The Hall–Kier alpha value is -1.14. The summed E-state index contributed by atoms with van der Waals surface area (Å²) in [6.45, 7) is 0.365. The summed E-state index contributed by atoms with van der Waals surface area (Å²) < 4.78 is 0.609. The number of hydrogen-bond acceptors (Lipinski definition) is 3. The molecule has 1 unspecified atom stereocenters. The van der Waals surface area contributed by atoms with Crippen molar-refractivity contribution in [3.05, 3.63) is 21.9 Å². The highest BCUT2D eigenvalue weighted by Gasteiger charge is 2.28. The molecular weight excluding hydrogens is 309 g/mol. The van der Waals surface area contributed by atoms with Crippen molar-refractivity contribution >= 4 is 45.0 Å². The Kier molecular flexibility index (Phi) is 3.63. The molecule has 2 rings (SSSR count).